The Labute approximate surface area is 189 Å². The molecular formula is C23H30ClNO5S. The molecule has 0 spiro atoms. The first kappa shape index (κ1) is 23.8. The van der Waals surface area contributed by atoms with E-state index in [1.807, 2.05) is 51.1 Å². The Kier molecular flexibility index (Phi) is 6.89. The van der Waals surface area contributed by atoms with Gasteiger partial charge in [-0.1, -0.05) is 54.1 Å². The first-order valence-corrected chi connectivity index (χ1v) is 12.6. The number of benzene rings is 1. The van der Waals surface area contributed by atoms with E-state index in [2.05, 4.69) is 0 Å². The van der Waals surface area contributed by atoms with Crippen molar-refractivity contribution in [1.82, 2.24) is 4.90 Å². The molecule has 1 fully saturated rings. The van der Waals surface area contributed by atoms with E-state index in [1.165, 1.54) is 6.26 Å². The minimum Gasteiger partial charge on any atom is -0.444 e. The third-order valence-corrected chi connectivity index (χ3v) is 7.75. The van der Waals surface area contributed by atoms with Gasteiger partial charge < -0.3 is 14.4 Å². The van der Waals surface area contributed by atoms with Crippen molar-refractivity contribution in [3.63, 3.8) is 0 Å². The van der Waals surface area contributed by atoms with Crippen molar-refractivity contribution in [2.75, 3.05) is 26.0 Å². The number of carbonyl (C=O) groups excluding carboxylic acids is 1. The smallest absolute Gasteiger partial charge is 0.410 e. The summed E-state index contributed by atoms with van der Waals surface area (Å²) in [5.74, 6) is 0. The van der Waals surface area contributed by atoms with Crippen LogP contribution in [-0.2, 0) is 19.3 Å². The van der Waals surface area contributed by atoms with Crippen LogP contribution in [-0.4, -0.2) is 61.8 Å². The molecule has 8 heteroatoms. The fourth-order valence-corrected chi connectivity index (χ4v) is 5.58. The fraction of sp³-hybridized carbons (Fsp3) is 0.522. The van der Waals surface area contributed by atoms with Gasteiger partial charge in [-0.15, -0.1) is 0 Å². The van der Waals surface area contributed by atoms with Crippen molar-refractivity contribution in [2.45, 2.75) is 50.1 Å². The standard InChI is InChI=1S/C23H30ClNO5S/c1-22(2,3)30-21(26)25-12-13-29-18(16-25)14-23(31(4,27)28)11-10-19(20(24)15-23)17-8-6-5-7-9-17/h5-11,18H,12-16H2,1-4H3/t18-,23?/m1/s1. The molecule has 2 aliphatic rings. The molecule has 0 aromatic heterocycles. The molecule has 1 aromatic rings. The molecule has 1 amide bonds. The van der Waals surface area contributed by atoms with Crippen LogP contribution in [0.2, 0.25) is 0 Å². The van der Waals surface area contributed by atoms with E-state index in [-0.39, 0.29) is 19.4 Å². The van der Waals surface area contributed by atoms with Gasteiger partial charge in [0.1, 0.15) is 5.60 Å². The van der Waals surface area contributed by atoms with Gasteiger partial charge in [0.15, 0.2) is 9.84 Å². The zero-order valence-electron chi connectivity index (χ0n) is 18.4. The Bertz CT molecular complexity index is 981. The van der Waals surface area contributed by atoms with Gasteiger partial charge in [-0.3, -0.25) is 0 Å². The quantitative estimate of drug-likeness (QED) is 0.656. The maximum atomic E-state index is 12.9. The van der Waals surface area contributed by atoms with Crippen molar-refractivity contribution in [3.05, 3.63) is 53.1 Å². The minimum absolute atomic E-state index is 0.167. The molecule has 170 valence electrons. The Morgan fingerprint density at radius 2 is 1.97 bits per heavy atom. The van der Waals surface area contributed by atoms with Crippen LogP contribution < -0.4 is 0 Å². The normalized spacial score (nSPS) is 24.9. The Morgan fingerprint density at radius 3 is 2.55 bits per heavy atom. The van der Waals surface area contributed by atoms with Gasteiger partial charge in [0, 0.05) is 24.3 Å². The van der Waals surface area contributed by atoms with E-state index in [0.29, 0.717) is 18.2 Å². The molecule has 0 radical (unpaired) electrons. The number of rotatable bonds is 4. The van der Waals surface area contributed by atoms with Crippen LogP contribution in [0.15, 0.2) is 47.5 Å². The highest BCUT2D eigenvalue weighted by Gasteiger charge is 2.44. The summed E-state index contributed by atoms with van der Waals surface area (Å²) in [6.07, 6.45) is 4.26. The third-order valence-electron chi connectivity index (χ3n) is 5.49. The summed E-state index contributed by atoms with van der Waals surface area (Å²) in [4.78, 5) is 14.0. The highest BCUT2D eigenvalue weighted by atomic mass is 35.5. The van der Waals surface area contributed by atoms with Gasteiger partial charge in [-0.2, -0.15) is 0 Å². The Balaban J connectivity index is 1.80. The van der Waals surface area contributed by atoms with E-state index < -0.39 is 32.4 Å². The number of hydrogen-bond donors (Lipinski definition) is 0. The summed E-state index contributed by atoms with van der Waals surface area (Å²) < 4.78 is 35.9. The van der Waals surface area contributed by atoms with Crippen molar-refractivity contribution >= 4 is 33.1 Å². The second-order valence-corrected chi connectivity index (χ2v) is 12.0. The molecule has 31 heavy (non-hydrogen) atoms. The molecule has 1 aromatic carbocycles. The van der Waals surface area contributed by atoms with Crippen LogP contribution in [0.1, 0.15) is 39.2 Å². The lowest BCUT2D eigenvalue weighted by Gasteiger charge is -2.39. The van der Waals surface area contributed by atoms with Gasteiger partial charge in [-0.05, 0) is 38.3 Å². The highest BCUT2D eigenvalue weighted by Crippen LogP contribution is 2.42. The molecule has 1 heterocycles. The number of morpholine rings is 1. The summed E-state index contributed by atoms with van der Waals surface area (Å²) in [6.45, 7) is 6.44. The van der Waals surface area contributed by atoms with Crippen LogP contribution in [0.5, 0.6) is 0 Å². The molecule has 0 N–H and O–H groups in total. The molecule has 0 bridgehead atoms. The number of halogens is 1. The molecule has 1 aliphatic carbocycles. The lowest BCUT2D eigenvalue weighted by Crippen LogP contribution is -2.51. The van der Waals surface area contributed by atoms with Gasteiger partial charge >= 0.3 is 6.09 Å². The molecule has 1 unspecified atom stereocenters. The number of nitrogens with zero attached hydrogens (tertiary/aromatic N) is 1. The third kappa shape index (κ3) is 5.70. The first-order chi connectivity index (χ1) is 14.4. The molecule has 1 saturated heterocycles. The SMILES string of the molecule is CC(C)(C)OC(=O)N1CCO[C@H](CC2(S(C)(=O)=O)C=CC(c3ccccc3)=C(Cl)C2)C1. The van der Waals surface area contributed by atoms with Crippen LogP contribution >= 0.6 is 11.6 Å². The average molecular weight is 468 g/mol. The second kappa shape index (κ2) is 8.96. The maximum absolute atomic E-state index is 12.9. The Morgan fingerprint density at radius 1 is 1.29 bits per heavy atom. The number of carbonyl (C=O) groups is 1. The van der Waals surface area contributed by atoms with Gasteiger partial charge in [-0.25, -0.2) is 13.2 Å². The predicted octanol–water partition coefficient (Wildman–Crippen LogP) is 4.41. The molecule has 6 nitrogen and oxygen atoms in total. The van der Waals surface area contributed by atoms with Crippen LogP contribution in [0.3, 0.4) is 0 Å². The van der Waals surface area contributed by atoms with E-state index in [0.717, 1.165) is 11.1 Å². The monoisotopic (exact) mass is 467 g/mol. The van der Waals surface area contributed by atoms with E-state index >= 15 is 0 Å². The van der Waals surface area contributed by atoms with Gasteiger partial charge in [0.05, 0.1) is 24.0 Å². The second-order valence-electron chi connectivity index (χ2n) is 9.15. The van der Waals surface area contributed by atoms with Gasteiger partial charge in [0.2, 0.25) is 0 Å². The number of ether oxygens (including phenoxy) is 2. The number of amides is 1. The summed E-state index contributed by atoms with van der Waals surface area (Å²) in [5, 5.41) is 0.499. The zero-order chi connectivity index (χ0) is 22.9. The number of sulfone groups is 1. The lowest BCUT2D eigenvalue weighted by atomic mass is 9.88. The van der Waals surface area contributed by atoms with Crippen LogP contribution in [0.25, 0.3) is 5.57 Å². The summed E-state index contributed by atoms with van der Waals surface area (Å²) in [5.41, 5.74) is 1.16. The van der Waals surface area contributed by atoms with Gasteiger partial charge in [0.25, 0.3) is 0 Å². The number of hydrogen-bond acceptors (Lipinski definition) is 5. The average Bonchev–Trinajstić information content (AvgIpc) is 2.67. The van der Waals surface area contributed by atoms with E-state index in [1.54, 1.807) is 17.1 Å². The molecule has 1 aliphatic heterocycles. The van der Waals surface area contributed by atoms with Crippen LogP contribution in [0.4, 0.5) is 4.79 Å². The van der Waals surface area contributed by atoms with Crippen LogP contribution in [0, 0.1) is 0 Å². The van der Waals surface area contributed by atoms with E-state index in [9.17, 15) is 13.2 Å². The fourth-order valence-electron chi connectivity index (χ4n) is 3.88. The first-order valence-electron chi connectivity index (χ1n) is 10.3. The largest absolute Gasteiger partial charge is 0.444 e. The maximum Gasteiger partial charge on any atom is 0.410 e. The van der Waals surface area contributed by atoms with Crippen molar-refractivity contribution in [3.8, 4) is 0 Å². The summed E-state index contributed by atoms with van der Waals surface area (Å²) >= 11 is 6.62. The minimum atomic E-state index is -3.51. The van der Waals surface area contributed by atoms with E-state index in [4.69, 9.17) is 21.1 Å². The molecule has 3 rings (SSSR count). The lowest BCUT2D eigenvalue weighted by molar-refractivity contribution is -0.0466. The molecule has 2 atom stereocenters. The zero-order valence-corrected chi connectivity index (χ0v) is 20.0. The number of allylic oxidation sites excluding steroid dienone is 3. The highest BCUT2D eigenvalue weighted by molar-refractivity contribution is 7.92. The predicted molar refractivity (Wildman–Crippen MR) is 123 cm³/mol. The van der Waals surface area contributed by atoms with Crippen molar-refractivity contribution in [2.24, 2.45) is 0 Å². The topological polar surface area (TPSA) is 72.9 Å². The molecule has 0 saturated carbocycles. The Hall–Kier alpha value is -1.83. The summed E-state index contributed by atoms with van der Waals surface area (Å²) in [6, 6.07) is 9.64. The van der Waals surface area contributed by atoms with Crippen molar-refractivity contribution < 1.29 is 22.7 Å². The molecular weight excluding hydrogens is 438 g/mol. The summed E-state index contributed by atoms with van der Waals surface area (Å²) in [7, 11) is -3.51. The van der Waals surface area contributed by atoms with Crippen molar-refractivity contribution in [1.29, 1.82) is 0 Å².